The van der Waals surface area contributed by atoms with E-state index >= 15 is 0 Å². The third-order valence-corrected chi connectivity index (χ3v) is 6.24. The van der Waals surface area contributed by atoms with Crippen molar-refractivity contribution in [3.63, 3.8) is 0 Å². The molecular formula is C25H18ClN3O2S. The molecule has 0 fully saturated rings. The lowest BCUT2D eigenvalue weighted by molar-refractivity contribution is 0.0994. The highest BCUT2D eigenvalue weighted by Gasteiger charge is 2.19. The van der Waals surface area contributed by atoms with Crippen molar-refractivity contribution < 1.29 is 9.21 Å². The molecule has 5 aromatic rings. The van der Waals surface area contributed by atoms with Gasteiger partial charge in [-0.25, -0.2) is 0 Å². The Kier molecular flexibility index (Phi) is 5.55. The number of hydrogen-bond donors (Lipinski definition) is 0. The third-order valence-electron chi connectivity index (χ3n) is 5.06. The van der Waals surface area contributed by atoms with Crippen LogP contribution in [0, 0.1) is 6.92 Å². The minimum atomic E-state index is -0.103. The van der Waals surface area contributed by atoms with E-state index in [1.54, 1.807) is 6.07 Å². The molecule has 0 aliphatic heterocycles. The van der Waals surface area contributed by atoms with Gasteiger partial charge in [-0.1, -0.05) is 71.4 Å². The lowest BCUT2D eigenvalue weighted by Crippen LogP contribution is -2.04. The van der Waals surface area contributed by atoms with Crippen LogP contribution >= 0.6 is 23.4 Å². The molecule has 0 unspecified atom stereocenters. The van der Waals surface area contributed by atoms with Gasteiger partial charge >= 0.3 is 0 Å². The normalized spacial score (nSPS) is 11.2. The maximum atomic E-state index is 12.8. The summed E-state index contributed by atoms with van der Waals surface area (Å²) in [6, 6.07) is 24.9. The molecule has 0 saturated carbocycles. The average molecular weight is 460 g/mol. The van der Waals surface area contributed by atoms with Gasteiger partial charge in [0.05, 0.1) is 5.75 Å². The summed E-state index contributed by atoms with van der Waals surface area (Å²) in [5, 5.41) is 11.0. The molecule has 0 amide bonds. The number of furan rings is 1. The third kappa shape index (κ3) is 4.07. The molecule has 0 aliphatic rings. The molecule has 0 saturated heterocycles. The largest absolute Gasteiger partial charge is 0.453 e. The second-order valence-electron chi connectivity index (χ2n) is 7.34. The van der Waals surface area contributed by atoms with Crippen LogP contribution in [0.4, 0.5) is 0 Å². The minimum absolute atomic E-state index is 0.103. The molecular weight excluding hydrogens is 442 g/mol. The number of carbonyl (C=O) groups is 1. The van der Waals surface area contributed by atoms with Crippen molar-refractivity contribution in [2.45, 2.75) is 12.1 Å². The fraction of sp³-hybridized carbons (Fsp3) is 0.0800. The van der Waals surface area contributed by atoms with Crippen molar-refractivity contribution in [2.24, 2.45) is 0 Å². The summed E-state index contributed by atoms with van der Waals surface area (Å²) < 4.78 is 7.65. The van der Waals surface area contributed by atoms with Crippen molar-refractivity contribution in [1.29, 1.82) is 0 Å². The second kappa shape index (κ2) is 8.65. The van der Waals surface area contributed by atoms with Crippen LogP contribution in [-0.2, 0) is 0 Å². The van der Waals surface area contributed by atoms with Gasteiger partial charge < -0.3 is 4.42 Å². The minimum Gasteiger partial charge on any atom is -0.453 e. The van der Waals surface area contributed by atoms with E-state index in [4.69, 9.17) is 16.0 Å². The second-order valence-corrected chi connectivity index (χ2v) is 8.72. The van der Waals surface area contributed by atoms with E-state index in [-0.39, 0.29) is 11.5 Å². The molecule has 5 nitrogen and oxygen atoms in total. The fourth-order valence-corrected chi connectivity index (χ4v) is 4.34. The first kappa shape index (κ1) is 20.5. The van der Waals surface area contributed by atoms with E-state index in [1.165, 1.54) is 11.8 Å². The molecule has 0 aliphatic carbocycles. The first-order valence-electron chi connectivity index (χ1n) is 10.0. The molecule has 0 radical (unpaired) electrons. The zero-order valence-electron chi connectivity index (χ0n) is 17.2. The summed E-state index contributed by atoms with van der Waals surface area (Å²) in [5.74, 6) is 1.12. The Balaban J connectivity index is 1.47. The van der Waals surface area contributed by atoms with Crippen LogP contribution in [-0.4, -0.2) is 26.3 Å². The van der Waals surface area contributed by atoms with Crippen molar-refractivity contribution in [1.82, 2.24) is 14.8 Å². The predicted molar refractivity (Wildman–Crippen MR) is 128 cm³/mol. The number of nitrogens with zero attached hydrogens (tertiary/aromatic N) is 3. The van der Waals surface area contributed by atoms with Crippen LogP contribution in [0.5, 0.6) is 0 Å². The van der Waals surface area contributed by atoms with E-state index in [0.717, 1.165) is 22.2 Å². The number of ketones is 1. The Labute approximate surface area is 194 Å². The highest BCUT2D eigenvalue weighted by Crippen LogP contribution is 2.30. The van der Waals surface area contributed by atoms with Crippen LogP contribution in [0.3, 0.4) is 0 Å². The van der Waals surface area contributed by atoms with Gasteiger partial charge in [0.1, 0.15) is 5.58 Å². The van der Waals surface area contributed by atoms with Gasteiger partial charge in [-0.05, 0) is 43.3 Å². The Morgan fingerprint density at radius 1 is 1.00 bits per heavy atom. The Morgan fingerprint density at radius 2 is 1.75 bits per heavy atom. The van der Waals surface area contributed by atoms with Gasteiger partial charge in [0.15, 0.2) is 16.7 Å². The number of para-hydroxylation sites is 1. The van der Waals surface area contributed by atoms with Crippen LogP contribution in [0.2, 0.25) is 5.02 Å². The summed E-state index contributed by atoms with van der Waals surface area (Å²) >= 11 is 7.41. The quantitative estimate of drug-likeness (QED) is 0.211. The van der Waals surface area contributed by atoms with Gasteiger partial charge in [0.25, 0.3) is 0 Å². The summed E-state index contributed by atoms with van der Waals surface area (Å²) in [6.45, 7) is 2.04. The number of Topliss-reactive ketones (excluding diaryl/α,β-unsaturated/α-hetero) is 1. The van der Waals surface area contributed by atoms with Gasteiger partial charge in [0, 0.05) is 21.7 Å². The molecule has 2 aromatic heterocycles. The molecule has 0 N–H and O–H groups in total. The molecule has 32 heavy (non-hydrogen) atoms. The number of thioether (sulfide) groups is 1. The molecule has 2 heterocycles. The van der Waals surface area contributed by atoms with Crippen LogP contribution < -0.4 is 0 Å². The van der Waals surface area contributed by atoms with Gasteiger partial charge in [-0.15, -0.1) is 10.2 Å². The van der Waals surface area contributed by atoms with E-state index < -0.39 is 0 Å². The highest BCUT2D eigenvalue weighted by atomic mass is 35.5. The van der Waals surface area contributed by atoms with Crippen molar-refractivity contribution >= 4 is 40.1 Å². The Bertz CT molecular complexity index is 1370. The molecule has 158 valence electrons. The zero-order valence-corrected chi connectivity index (χ0v) is 18.7. The van der Waals surface area contributed by atoms with E-state index in [2.05, 4.69) is 10.2 Å². The summed E-state index contributed by atoms with van der Waals surface area (Å²) in [7, 11) is 0. The summed E-state index contributed by atoms with van der Waals surface area (Å²) in [5.41, 5.74) is 3.67. The first-order chi connectivity index (χ1) is 15.6. The SMILES string of the molecule is Cc1ccc(-c2nnc(SCC(=O)c3cc4ccccc4o3)n2-c2ccc(Cl)cc2)cc1. The summed E-state index contributed by atoms with van der Waals surface area (Å²) in [4.78, 5) is 12.8. The van der Waals surface area contributed by atoms with Crippen LogP contribution in [0.25, 0.3) is 28.0 Å². The van der Waals surface area contributed by atoms with Crippen LogP contribution in [0.1, 0.15) is 16.1 Å². The van der Waals surface area contributed by atoms with E-state index in [1.807, 2.05) is 84.3 Å². The fourth-order valence-electron chi connectivity index (χ4n) is 3.40. The monoisotopic (exact) mass is 459 g/mol. The lowest BCUT2D eigenvalue weighted by Gasteiger charge is -2.10. The first-order valence-corrected chi connectivity index (χ1v) is 11.4. The molecule has 0 bridgehead atoms. The van der Waals surface area contributed by atoms with E-state index in [9.17, 15) is 4.79 Å². The number of halogens is 1. The van der Waals surface area contributed by atoms with Gasteiger partial charge in [0.2, 0.25) is 5.78 Å². The maximum absolute atomic E-state index is 12.8. The number of fused-ring (bicyclic) bond motifs is 1. The molecule has 0 atom stereocenters. The molecule has 7 heteroatoms. The lowest BCUT2D eigenvalue weighted by atomic mass is 10.1. The predicted octanol–water partition coefficient (Wildman–Crippen LogP) is 6.62. The number of carbonyl (C=O) groups excluding carboxylic acids is 1. The number of benzene rings is 3. The summed E-state index contributed by atoms with van der Waals surface area (Å²) in [6.07, 6.45) is 0. The standard InChI is InChI=1S/C25H18ClN3O2S/c1-16-6-8-17(9-7-16)24-27-28-25(29(24)20-12-10-19(26)11-13-20)32-15-21(30)23-14-18-4-2-3-5-22(18)31-23/h2-14H,15H2,1H3. The van der Waals surface area contributed by atoms with E-state index in [0.29, 0.717) is 27.3 Å². The number of rotatable bonds is 6. The highest BCUT2D eigenvalue weighted by molar-refractivity contribution is 7.99. The van der Waals surface area contributed by atoms with Crippen molar-refractivity contribution in [3.8, 4) is 17.1 Å². The van der Waals surface area contributed by atoms with Gasteiger partial charge in [-0.2, -0.15) is 0 Å². The topological polar surface area (TPSA) is 60.9 Å². The maximum Gasteiger partial charge on any atom is 0.208 e. The zero-order chi connectivity index (χ0) is 22.1. The number of aryl methyl sites for hydroxylation is 1. The average Bonchev–Trinajstić information content (AvgIpc) is 3.43. The molecule has 0 spiro atoms. The Morgan fingerprint density at radius 3 is 2.50 bits per heavy atom. The number of hydrogen-bond acceptors (Lipinski definition) is 5. The van der Waals surface area contributed by atoms with Crippen molar-refractivity contribution in [3.05, 3.63) is 95.2 Å². The van der Waals surface area contributed by atoms with Gasteiger partial charge in [-0.3, -0.25) is 9.36 Å². The number of aromatic nitrogens is 3. The van der Waals surface area contributed by atoms with Crippen LogP contribution in [0.15, 0.2) is 88.4 Å². The Hall–Kier alpha value is -3.35. The van der Waals surface area contributed by atoms with Crippen molar-refractivity contribution in [2.75, 3.05) is 5.75 Å². The molecule has 3 aromatic carbocycles. The smallest absolute Gasteiger partial charge is 0.208 e. The molecule has 5 rings (SSSR count).